The first-order valence-electron chi connectivity index (χ1n) is 8.56. The smallest absolute Gasteiger partial charge is 0.136 e. The summed E-state index contributed by atoms with van der Waals surface area (Å²) in [5.41, 5.74) is 5.79. The van der Waals surface area contributed by atoms with Crippen LogP contribution in [0.15, 0.2) is 54.7 Å². The molecule has 0 radical (unpaired) electrons. The van der Waals surface area contributed by atoms with Gasteiger partial charge in [-0.1, -0.05) is 48.6 Å². The highest BCUT2D eigenvalue weighted by Gasteiger charge is 2.26. The lowest BCUT2D eigenvalue weighted by Gasteiger charge is -2.29. The number of carbonyl (C=O) groups is 1. The molecule has 0 saturated carbocycles. The first kappa shape index (κ1) is 15.1. The van der Waals surface area contributed by atoms with Gasteiger partial charge in [-0.25, -0.2) is 0 Å². The van der Waals surface area contributed by atoms with Crippen LogP contribution in [-0.4, -0.2) is 10.8 Å². The van der Waals surface area contributed by atoms with Crippen LogP contribution in [0.4, 0.5) is 0 Å². The Morgan fingerprint density at radius 2 is 1.92 bits per heavy atom. The van der Waals surface area contributed by atoms with E-state index in [2.05, 4.69) is 55.5 Å². The van der Waals surface area contributed by atoms with E-state index in [0.29, 0.717) is 11.8 Å². The molecule has 0 saturated heterocycles. The van der Waals surface area contributed by atoms with Gasteiger partial charge in [-0.05, 0) is 49.1 Å². The number of ketones is 1. The Hall–Kier alpha value is -2.48. The van der Waals surface area contributed by atoms with Crippen molar-refractivity contribution in [3.05, 3.63) is 77.2 Å². The van der Waals surface area contributed by atoms with Gasteiger partial charge >= 0.3 is 0 Å². The number of fused-ring (bicyclic) bond motifs is 2. The molecule has 0 aliphatic heterocycles. The van der Waals surface area contributed by atoms with Gasteiger partial charge in [0.25, 0.3) is 0 Å². The number of Topliss-reactive ketones (excluding diaryl/α,β-unsaturated/α-hetero) is 1. The van der Waals surface area contributed by atoms with Gasteiger partial charge in [0.05, 0.1) is 5.69 Å². The van der Waals surface area contributed by atoms with Gasteiger partial charge in [0, 0.05) is 23.4 Å². The van der Waals surface area contributed by atoms with Crippen LogP contribution >= 0.6 is 0 Å². The molecule has 24 heavy (non-hydrogen) atoms. The molecule has 0 fully saturated rings. The highest BCUT2D eigenvalue weighted by atomic mass is 16.1. The van der Waals surface area contributed by atoms with Crippen molar-refractivity contribution in [3.63, 3.8) is 0 Å². The molecule has 0 bridgehead atoms. The lowest BCUT2D eigenvalue weighted by Crippen LogP contribution is -2.18. The molecule has 0 amide bonds. The summed E-state index contributed by atoms with van der Waals surface area (Å²) in [5, 5.41) is 0. The largest absolute Gasteiger partial charge is 0.299 e. The van der Waals surface area contributed by atoms with E-state index in [-0.39, 0.29) is 11.7 Å². The molecule has 3 aliphatic carbocycles. The first-order valence-corrected chi connectivity index (χ1v) is 8.56. The van der Waals surface area contributed by atoms with Crippen molar-refractivity contribution in [2.24, 2.45) is 17.8 Å². The van der Waals surface area contributed by atoms with Crippen molar-refractivity contribution in [2.75, 3.05) is 0 Å². The second-order valence-corrected chi connectivity index (χ2v) is 6.83. The van der Waals surface area contributed by atoms with Crippen molar-refractivity contribution in [2.45, 2.75) is 20.3 Å². The number of hydrogen-bond donors (Lipinski definition) is 0. The van der Waals surface area contributed by atoms with Gasteiger partial charge < -0.3 is 0 Å². The van der Waals surface area contributed by atoms with E-state index in [4.69, 9.17) is 4.98 Å². The minimum atomic E-state index is -0.0136. The molecular weight excluding hydrogens is 294 g/mol. The summed E-state index contributed by atoms with van der Waals surface area (Å²) >= 11 is 0. The summed E-state index contributed by atoms with van der Waals surface area (Å²) in [6.07, 6.45) is 20.1. The van der Waals surface area contributed by atoms with Crippen LogP contribution in [0.5, 0.6) is 0 Å². The van der Waals surface area contributed by atoms with Gasteiger partial charge in [0.1, 0.15) is 5.78 Å². The van der Waals surface area contributed by atoms with Crippen LogP contribution in [0, 0.1) is 24.7 Å². The number of pyridine rings is 1. The van der Waals surface area contributed by atoms with Gasteiger partial charge in [-0.3, -0.25) is 9.78 Å². The quantitative estimate of drug-likeness (QED) is 0.805. The van der Waals surface area contributed by atoms with E-state index in [1.807, 2.05) is 12.2 Å². The SMILES string of the molecule is CC(=O)C1C=Cc2nc(C)c(C3=CC=CC4C=CC=CC34)cc2C1. The number of aromatic nitrogens is 1. The van der Waals surface area contributed by atoms with E-state index >= 15 is 0 Å². The zero-order chi connectivity index (χ0) is 16.7. The standard InChI is InChI=1S/C22H21NO/c1-14-21(20-9-5-7-16-6-3-4-8-19(16)20)13-18-12-17(15(2)24)10-11-22(18)23-14/h3-11,13,16-17,19H,12H2,1-2H3. The fourth-order valence-corrected chi connectivity index (χ4v) is 3.84. The molecule has 2 heteroatoms. The second-order valence-electron chi connectivity index (χ2n) is 6.83. The molecule has 1 aromatic rings. The summed E-state index contributed by atoms with van der Waals surface area (Å²) in [7, 11) is 0. The van der Waals surface area contributed by atoms with E-state index in [1.165, 1.54) is 16.7 Å². The Morgan fingerprint density at radius 3 is 2.75 bits per heavy atom. The van der Waals surface area contributed by atoms with Crippen LogP contribution in [-0.2, 0) is 11.2 Å². The summed E-state index contributed by atoms with van der Waals surface area (Å²) in [4.78, 5) is 16.6. The zero-order valence-corrected chi connectivity index (χ0v) is 14.1. The maximum absolute atomic E-state index is 11.7. The fraction of sp³-hybridized carbons (Fsp3) is 0.273. The van der Waals surface area contributed by atoms with Gasteiger partial charge in [-0.2, -0.15) is 0 Å². The molecule has 3 unspecified atom stereocenters. The van der Waals surface area contributed by atoms with E-state index < -0.39 is 0 Å². The number of nitrogens with zero attached hydrogens (tertiary/aromatic N) is 1. The third-order valence-electron chi connectivity index (χ3n) is 5.23. The Balaban J connectivity index is 1.76. The normalized spacial score (nSPS) is 26.8. The van der Waals surface area contributed by atoms with Gasteiger partial charge in [0.2, 0.25) is 0 Å². The van der Waals surface area contributed by atoms with Crippen molar-refractivity contribution in [1.82, 2.24) is 4.98 Å². The Kier molecular flexibility index (Phi) is 3.68. The van der Waals surface area contributed by atoms with Crippen molar-refractivity contribution >= 4 is 17.4 Å². The summed E-state index contributed by atoms with van der Waals surface area (Å²) in [5.74, 6) is 1.01. The lowest BCUT2D eigenvalue weighted by atomic mass is 9.76. The minimum absolute atomic E-state index is 0.0136. The third kappa shape index (κ3) is 2.52. The molecule has 2 nitrogen and oxygen atoms in total. The highest BCUT2D eigenvalue weighted by Crippen LogP contribution is 2.39. The third-order valence-corrected chi connectivity index (χ3v) is 5.23. The summed E-state index contributed by atoms with van der Waals surface area (Å²) in [6.45, 7) is 3.75. The molecule has 0 aromatic carbocycles. The van der Waals surface area contributed by atoms with Gasteiger partial charge in [0.15, 0.2) is 0 Å². The van der Waals surface area contributed by atoms with E-state index in [0.717, 1.165) is 17.8 Å². The monoisotopic (exact) mass is 315 g/mol. The molecule has 3 aliphatic rings. The highest BCUT2D eigenvalue weighted by molar-refractivity contribution is 5.83. The lowest BCUT2D eigenvalue weighted by molar-refractivity contribution is -0.119. The first-order chi connectivity index (χ1) is 11.6. The molecule has 0 N–H and O–H groups in total. The van der Waals surface area contributed by atoms with Crippen LogP contribution in [0.2, 0.25) is 0 Å². The number of allylic oxidation sites excluding steroid dienone is 9. The minimum Gasteiger partial charge on any atom is -0.299 e. The number of hydrogen-bond acceptors (Lipinski definition) is 2. The topological polar surface area (TPSA) is 30.0 Å². The predicted molar refractivity (Wildman–Crippen MR) is 98.3 cm³/mol. The second kappa shape index (κ2) is 5.86. The van der Waals surface area contributed by atoms with E-state index in [9.17, 15) is 4.79 Å². The molecule has 4 rings (SSSR count). The average Bonchev–Trinajstić information content (AvgIpc) is 2.60. The zero-order valence-electron chi connectivity index (χ0n) is 14.1. The van der Waals surface area contributed by atoms with Crippen LogP contribution in [0.1, 0.15) is 29.4 Å². The molecular formula is C22H21NO. The Labute approximate surface area is 143 Å². The summed E-state index contributed by atoms with van der Waals surface area (Å²) < 4.78 is 0. The molecule has 3 atom stereocenters. The average molecular weight is 315 g/mol. The Morgan fingerprint density at radius 1 is 1.12 bits per heavy atom. The summed E-state index contributed by atoms with van der Waals surface area (Å²) in [6, 6.07) is 2.26. The van der Waals surface area contributed by atoms with Crippen molar-refractivity contribution in [1.29, 1.82) is 0 Å². The molecule has 1 aromatic heterocycles. The number of carbonyl (C=O) groups excluding carboxylic acids is 1. The fourth-order valence-electron chi connectivity index (χ4n) is 3.84. The maximum Gasteiger partial charge on any atom is 0.136 e. The number of rotatable bonds is 2. The van der Waals surface area contributed by atoms with Crippen molar-refractivity contribution < 1.29 is 4.79 Å². The van der Waals surface area contributed by atoms with Crippen LogP contribution < -0.4 is 0 Å². The van der Waals surface area contributed by atoms with Gasteiger partial charge in [-0.15, -0.1) is 0 Å². The van der Waals surface area contributed by atoms with E-state index in [1.54, 1.807) is 6.92 Å². The molecule has 120 valence electrons. The maximum atomic E-state index is 11.7. The number of aryl methyl sites for hydroxylation is 1. The molecule has 0 spiro atoms. The van der Waals surface area contributed by atoms with Crippen molar-refractivity contribution in [3.8, 4) is 0 Å². The van der Waals surface area contributed by atoms with Crippen LogP contribution in [0.25, 0.3) is 11.6 Å². The van der Waals surface area contributed by atoms with Crippen LogP contribution in [0.3, 0.4) is 0 Å². The molecule has 1 heterocycles. The predicted octanol–water partition coefficient (Wildman–Crippen LogP) is 4.48. The Bertz CT molecular complexity index is 851.